The summed E-state index contributed by atoms with van der Waals surface area (Å²) in [5.41, 5.74) is 3.83. The minimum absolute atomic E-state index is 0.237. The van der Waals surface area contributed by atoms with Crippen LogP contribution in [0.4, 0.5) is 5.13 Å². The highest BCUT2D eigenvalue weighted by atomic mass is 127. The predicted molar refractivity (Wildman–Crippen MR) is 112 cm³/mol. The van der Waals surface area contributed by atoms with Crippen LogP contribution in [0.2, 0.25) is 0 Å². The maximum atomic E-state index is 12.2. The van der Waals surface area contributed by atoms with Gasteiger partial charge >= 0.3 is 0 Å². The van der Waals surface area contributed by atoms with E-state index in [1.807, 2.05) is 25.1 Å². The summed E-state index contributed by atoms with van der Waals surface area (Å²) in [4.78, 5) is 16.8. The van der Waals surface area contributed by atoms with E-state index in [2.05, 4.69) is 57.3 Å². The molecule has 24 heavy (non-hydrogen) atoms. The number of nitrogens with one attached hydrogen (secondary N) is 2. The number of nitrogens with zero attached hydrogens (tertiary/aromatic N) is 1. The lowest BCUT2D eigenvalue weighted by Gasteiger charge is -2.07. The SMILES string of the molecule is Cc1ccc(C)c2sc(NC(=S)NC(=O)c3cccc(I)c3)nc12. The van der Waals surface area contributed by atoms with E-state index in [4.69, 9.17) is 12.2 Å². The smallest absolute Gasteiger partial charge is 0.257 e. The molecule has 0 saturated heterocycles. The van der Waals surface area contributed by atoms with Gasteiger partial charge in [-0.25, -0.2) is 4.98 Å². The fourth-order valence-electron chi connectivity index (χ4n) is 2.25. The summed E-state index contributed by atoms with van der Waals surface area (Å²) in [5.74, 6) is -0.237. The first-order chi connectivity index (χ1) is 11.4. The van der Waals surface area contributed by atoms with Crippen molar-refractivity contribution < 1.29 is 4.79 Å². The molecule has 1 amide bonds. The molecule has 1 heterocycles. The van der Waals surface area contributed by atoms with Crippen molar-refractivity contribution >= 4 is 72.5 Å². The van der Waals surface area contributed by atoms with E-state index < -0.39 is 0 Å². The Morgan fingerprint density at radius 3 is 2.67 bits per heavy atom. The number of benzene rings is 2. The molecule has 0 unspecified atom stereocenters. The van der Waals surface area contributed by atoms with Gasteiger partial charge in [0.25, 0.3) is 5.91 Å². The first kappa shape index (κ1) is 17.2. The standard InChI is InChI=1S/C17H14IN3OS2/c1-9-6-7-10(2)14-13(9)19-17(24-14)21-16(23)20-15(22)11-4-3-5-12(18)8-11/h3-8H,1-2H3,(H2,19,20,21,22,23). The number of anilines is 1. The number of fused-ring (bicyclic) bond motifs is 1. The maximum absolute atomic E-state index is 12.2. The monoisotopic (exact) mass is 467 g/mol. The molecule has 3 aromatic rings. The molecular weight excluding hydrogens is 453 g/mol. The van der Waals surface area contributed by atoms with Crippen molar-refractivity contribution in [2.45, 2.75) is 13.8 Å². The quantitative estimate of drug-likeness (QED) is 0.426. The fourth-order valence-corrected chi connectivity index (χ4v) is 4.06. The van der Waals surface area contributed by atoms with E-state index in [1.54, 1.807) is 6.07 Å². The number of aryl methyl sites for hydroxylation is 2. The zero-order valence-corrected chi connectivity index (χ0v) is 16.8. The van der Waals surface area contributed by atoms with Crippen molar-refractivity contribution in [3.8, 4) is 0 Å². The number of rotatable bonds is 2. The highest BCUT2D eigenvalue weighted by Gasteiger charge is 2.12. The van der Waals surface area contributed by atoms with Crippen LogP contribution in [0.1, 0.15) is 21.5 Å². The number of amides is 1. The maximum Gasteiger partial charge on any atom is 0.257 e. The highest BCUT2D eigenvalue weighted by Crippen LogP contribution is 2.30. The molecule has 0 atom stereocenters. The normalized spacial score (nSPS) is 10.6. The van der Waals surface area contributed by atoms with Crippen LogP contribution in [0.25, 0.3) is 10.2 Å². The molecule has 0 aliphatic rings. The van der Waals surface area contributed by atoms with Crippen LogP contribution in [-0.4, -0.2) is 16.0 Å². The summed E-state index contributed by atoms with van der Waals surface area (Å²) >= 11 is 8.93. The number of carbonyl (C=O) groups is 1. The Labute approximate surface area is 162 Å². The van der Waals surface area contributed by atoms with Crippen LogP contribution >= 0.6 is 46.1 Å². The first-order valence-corrected chi connectivity index (χ1v) is 9.49. The molecule has 0 saturated carbocycles. The lowest BCUT2D eigenvalue weighted by atomic mass is 10.1. The molecule has 3 rings (SSSR count). The van der Waals surface area contributed by atoms with Crippen LogP contribution in [-0.2, 0) is 0 Å². The average molecular weight is 467 g/mol. The van der Waals surface area contributed by atoms with Gasteiger partial charge in [-0.2, -0.15) is 0 Å². The van der Waals surface area contributed by atoms with Crippen molar-refractivity contribution in [2.24, 2.45) is 0 Å². The molecule has 2 aromatic carbocycles. The van der Waals surface area contributed by atoms with Gasteiger partial charge < -0.3 is 5.32 Å². The number of thiocarbonyl (C=S) groups is 1. The van der Waals surface area contributed by atoms with Gasteiger partial charge in [0.05, 0.1) is 10.2 Å². The molecule has 1 aromatic heterocycles. The number of hydrogen-bond donors (Lipinski definition) is 2. The predicted octanol–water partition coefficient (Wildman–Crippen LogP) is 4.64. The van der Waals surface area contributed by atoms with Crippen LogP contribution in [0, 0.1) is 17.4 Å². The Balaban J connectivity index is 1.74. The van der Waals surface area contributed by atoms with Crippen LogP contribution in [0.15, 0.2) is 36.4 Å². The van der Waals surface area contributed by atoms with E-state index in [0.29, 0.717) is 10.7 Å². The lowest BCUT2D eigenvalue weighted by Crippen LogP contribution is -2.34. The number of hydrogen-bond acceptors (Lipinski definition) is 4. The topological polar surface area (TPSA) is 54.0 Å². The van der Waals surface area contributed by atoms with Crippen molar-refractivity contribution in [1.82, 2.24) is 10.3 Å². The molecule has 0 fully saturated rings. The van der Waals surface area contributed by atoms with Crippen LogP contribution in [0.3, 0.4) is 0 Å². The second-order valence-electron chi connectivity index (χ2n) is 5.31. The average Bonchev–Trinajstić information content (AvgIpc) is 2.96. The third-order valence-corrected chi connectivity index (χ3v) is 5.46. The van der Waals surface area contributed by atoms with Crippen molar-refractivity contribution in [1.29, 1.82) is 0 Å². The van der Waals surface area contributed by atoms with Crippen LogP contribution in [0.5, 0.6) is 0 Å². The summed E-state index contributed by atoms with van der Waals surface area (Å²) in [5, 5.41) is 6.62. The molecule has 0 aliphatic carbocycles. The summed E-state index contributed by atoms with van der Waals surface area (Å²) < 4.78 is 2.13. The van der Waals surface area contributed by atoms with Crippen molar-refractivity contribution in [3.63, 3.8) is 0 Å². The Kier molecular flexibility index (Phi) is 5.12. The van der Waals surface area contributed by atoms with E-state index in [1.165, 1.54) is 16.9 Å². The van der Waals surface area contributed by atoms with E-state index in [9.17, 15) is 4.79 Å². The van der Waals surface area contributed by atoms with Gasteiger partial charge in [0.15, 0.2) is 10.2 Å². The Bertz CT molecular complexity index is 913. The summed E-state index contributed by atoms with van der Waals surface area (Å²) in [6, 6.07) is 11.5. The summed E-state index contributed by atoms with van der Waals surface area (Å²) in [7, 11) is 0. The Morgan fingerprint density at radius 1 is 1.21 bits per heavy atom. The number of halogens is 1. The number of carbonyl (C=O) groups excluding carboxylic acids is 1. The van der Waals surface area contributed by atoms with Gasteiger partial charge in [-0.1, -0.05) is 29.5 Å². The first-order valence-electron chi connectivity index (χ1n) is 7.18. The molecule has 0 bridgehead atoms. The molecule has 122 valence electrons. The van der Waals surface area contributed by atoms with Gasteiger partial charge in [-0.05, 0) is 78.0 Å². The van der Waals surface area contributed by atoms with Gasteiger partial charge in [0.2, 0.25) is 0 Å². The second-order valence-corrected chi connectivity index (χ2v) is 7.97. The summed E-state index contributed by atoms with van der Waals surface area (Å²) in [6.45, 7) is 4.09. The van der Waals surface area contributed by atoms with E-state index in [-0.39, 0.29) is 11.0 Å². The van der Waals surface area contributed by atoms with Crippen molar-refractivity contribution in [3.05, 3.63) is 56.7 Å². The second kappa shape index (κ2) is 7.12. The molecule has 0 radical (unpaired) electrons. The van der Waals surface area contributed by atoms with E-state index >= 15 is 0 Å². The third-order valence-electron chi connectivity index (χ3n) is 3.48. The lowest BCUT2D eigenvalue weighted by molar-refractivity contribution is 0.0977. The highest BCUT2D eigenvalue weighted by molar-refractivity contribution is 14.1. The molecule has 4 nitrogen and oxygen atoms in total. The zero-order chi connectivity index (χ0) is 17.3. The van der Waals surface area contributed by atoms with E-state index in [0.717, 1.165) is 19.4 Å². The largest absolute Gasteiger partial charge is 0.308 e. The zero-order valence-electron chi connectivity index (χ0n) is 13.0. The molecule has 7 heteroatoms. The number of thiazole rings is 1. The Morgan fingerprint density at radius 2 is 1.96 bits per heavy atom. The third kappa shape index (κ3) is 3.73. The van der Waals surface area contributed by atoms with Gasteiger partial charge in [0.1, 0.15) is 0 Å². The fraction of sp³-hybridized carbons (Fsp3) is 0.118. The van der Waals surface area contributed by atoms with Crippen molar-refractivity contribution in [2.75, 3.05) is 5.32 Å². The number of aromatic nitrogens is 1. The van der Waals surface area contributed by atoms with Gasteiger partial charge in [-0.15, -0.1) is 0 Å². The Hall–Kier alpha value is -1.58. The molecule has 2 N–H and O–H groups in total. The minimum atomic E-state index is -0.237. The minimum Gasteiger partial charge on any atom is -0.308 e. The van der Waals surface area contributed by atoms with Gasteiger partial charge in [0, 0.05) is 9.13 Å². The van der Waals surface area contributed by atoms with Gasteiger partial charge in [-0.3, -0.25) is 10.1 Å². The molecule has 0 aliphatic heterocycles. The molecular formula is C17H14IN3OS2. The summed E-state index contributed by atoms with van der Waals surface area (Å²) in [6.07, 6.45) is 0. The van der Waals surface area contributed by atoms with Crippen LogP contribution < -0.4 is 10.6 Å². The molecule has 0 spiro atoms.